The second kappa shape index (κ2) is 6.24. The molecule has 0 fully saturated rings. The molecule has 2 N–H and O–H groups in total. The zero-order valence-electron chi connectivity index (χ0n) is 13.3. The number of carbonyl (C=O) groups excluding carboxylic acids is 2. The van der Waals surface area contributed by atoms with Gasteiger partial charge in [0.2, 0.25) is 0 Å². The van der Waals surface area contributed by atoms with Gasteiger partial charge in [-0.05, 0) is 29.8 Å². The lowest BCUT2D eigenvalue weighted by Gasteiger charge is -2.18. The van der Waals surface area contributed by atoms with Gasteiger partial charge < -0.3 is 15.4 Å². The normalized spacial score (nSPS) is 12.9. The third kappa shape index (κ3) is 3.14. The molecule has 25 heavy (non-hydrogen) atoms. The molecule has 3 aromatic rings. The van der Waals surface area contributed by atoms with E-state index in [4.69, 9.17) is 4.74 Å². The van der Waals surface area contributed by atoms with Gasteiger partial charge in [0.05, 0.1) is 16.8 Å². The Morgan fingerprint density at radius 2 is 2.08 bits per heavy atom. The average Bonchev–Trinajstić information content (AvgIpc) is 2.65. The first-order valence-electron chi connectivity index (χ1n) is 7.87. The number of benzene rings is 2. The molecule has 2 aromatic carbocycles. The number of fused-ring (bicyclic) bond motifs is 2. The summed E-state index contributed by atoms with van der Waals surface area (Å²) in [5, 5.41) is 6.54. The summed E-state index contributed by atoms with van der Waals surface area (Å²) in [6, 6.07) is 14.9. The van der Waals surface area contributed by atoms with Gasteiger partial charge in [-0.15, -0.1) is 0 Å². The van der Waals surface area contributed by atoms with E-state index >= 15 is 0 Å². The quantitative estimate of drug-likeness (QED) is 0.772. The van der Waals surface area contributed by atoms with E-state index in [9.17, 15) is 9.59 Å². The number of aromatic nitrogens is 1. The molecule has 0 saturated heterocycles. The first-order valence-corrected chi connectivity index (χ1v) is 7.87. The molecule has 1 aliphatic heterocycles. The minimum atomic E-state index is -0.198. The van der Waals surface area contributed by atoms with Gasteiger partial charge in [0.25, 0.3) is 11.8 Å². The van der Waals surface area contributed by atoms with Crippen molar-refractivity contribution in [3.05, 3.63) is 65.9 Å². The summed E-state index contributed by atoms with van der Waals surface area (Å²) in [6.45, 7) is 0.368. The number of ether oxygens (including phenoxy) is 1. The molecule has 0 saturated carbocycles. The summed E-state index contributed by atoms with van der Waals surface area (Å²) >= 11 is 0. The number of nitrogens with zero attached hydrogens (tertiary/aromatic N) is 1. The third-order valence-corrected chi connectivity index (χ3v) is 3.98. The Bertz CT molecular complexity index is 985. The minimum absolute atomic E-state index is 0.0258. The third-order valence-electron chi connectivity index (χ3n) is 3.98. The standard InChI is InChI=1S/C19H15N3O3/c23-18-11-25-17-6-5-12(7-16(17)22-18)9-21-19(24)14-8-13-3-1-2-4-15(13)20-10-14/h1-8,10H,9,11H2,(H,21,24)(H,22,23). The predicted molar refractivity (Wildman–Crippen MR) is 93.5 cm³/mol. The Morgan fingerprint density at radius 1 is 1.20 bits per heavy atom. The molecule has 0 radical (unpaired) electrons. The molecule has 6 nitrogen and oxygen atoms in total. The van der Waals surface area contributed by atoms with E-state index < -0.39 is 0 Å². The highest BCUT2D eigenvalue weighted by atomic mass is 16.5. The van der Waals surface area contributed by atoms with Crippen molar-refractivity contribution in [2.24, 2.45) is 0 Å². The van der Waals surface area contributed by atoms with Crippen LogP contribution in [0.4, 0.5) is 5.69 Å². The molecule has 0 bridgehead atoms. The SMILES string of the molecule is O=C1COc2ccc(CNC(=O)c3cnc4ccccc4c3)cc2N1. The van der Waals surface area contributed by atoms with Crippen molar-refractivity contribution < 1.29 is 14.3 Å². The Labute approximate surface area is 143 Å². The van der Waals surface area contributed by atoms with Crippen LogP contribution >= 0.6 is 0 Å². The maximum atomic E-state index is 12.4. The molecule has 124 valence electrons. The van der Waals surface area contributed by atoms with Crippen LogP contribution < -0.4 is 15.4 Å². The van der Waals surface area contributed by atoms with Crippen LogP contribution in [0, 0.1) is 0 Å². The van der Waals surface area contributed by atoms with Crippen LogP contribution in [0.5, 0.6) is 5.75 Å². The summed E-state index contributed by atoms with van der Waals surface area (Å²) in [4.78, 5) is 28.0. The van der Waals surface area contributed by atoms with Gasteiger partial charge in [0, 0.05) is 18.1 Å². The first-order chi connectivity index (χ1) is 12.2. The molecule has 4 rings (SSSR count). The fourth-order valence-corrected chi connectivity index (χ4v) is 2.72. The van der Waals surface area contributed by atoms with Crippen molar-refractivity contribution in [3.8, 4) is 5.75 Å². The monoisotopic (exact) mass is 333 g/mol. The highest BCUT2D eigenvalue weighted by Gasteiger charge is 2.16. The summed E-state index contributed by atoms with van der Waals surface area (Å²) in [5.41, 5.74) is 2.85. The van der Waals surface area contributed by atoms with E-state index in [0.29, 0.717) is 23.5 Å². The fraction of sp³-hybridized carbons (Fsp3) is 0.105. The van der Waals surface area contributed by atoms with Crippen LogP contribution in [0.15, 0.2) is 54.7 Å². The number of hydrogen-bond acceptors (Lipinski definition) is 4. The summed E-state index contributed by atoms with van der Waals surface area (Å²) in [5.74, 6) is 0.251. The number of nitrogens with one attached hydrogen (secondary N) is 2. The van der Waals surface area contributed by atoms with Crippen molar-refractivity contribution in [1.29, 1.82) is 0 Å². The largest absolute Gasteiger partial charge is 0.482 e. The minimum Gasteiger partial charge on any atom is -0.482 e. The van der Waals surface area contributed by atoms with Crippen molar-refractivity contribution in [3.63, 3.8) is 0 Å². The zero-order valence-corrected chi connectivity index (χ0v) is 13.3. The molecule has 2 heterocycles. The summed E-state index contributed by atoms with van der Waals surface area (Å²) < 4.78 is 5.32. The van der Waals surface area contributed by atoms with Gasteiger partial charge in [0.15, 0.2) is 6.61 Å². The van der Waals surface area contributed by atoms with E-state index in [-0.39, 0.29) is 18.4 Å². The summed E-state index contributed by atoms with van der Waals surface area (Å²) in [6.07, 6.45) is 1.57. The van der Waals surface area contributed by atoms with Crippen molar-refractivity contribution in [2.45, 2.75) is 6.54 Å². The second-order valence-electron chi connectivity index (χ2n) is 5.77. The summed E-state index contributed by atoms with van der Waals surface area (Å²) in [7, 11) is 0. The first kappa shape index (κ1) is 15.1. The van der Waals surface area contributed by atoms with E-state index in [0.717, 1.165) is 16.5 Å². The molecule has 0 aliphatic carbocycles. The topological polar surface area (TPSA) is 80.3 Å². The van der Waals surface area contributed by atoms with Gasteiger partial charge in [-0.2, -0.15) is 0 Å². The van der Waals surface area contributed by atoms with Gasteiger partial charge in [-0.3, -0.25) is 14.6 Å². The lowest BCUT2D eigenvalue weighted by molar-refractivity contribution is -0.118. The number of amides is 2. The van der Waals surface area contributed by atoms with Gasteiger partial charge in [0.1, 0.15) is 5.75 Å². The number of anilines is 1. The lowest BCUT2D eigenvalue weighted by Crippen LogP contribution is -2.26. The van der Waals surface area contributed by atoms with E-state index in [2.05, 4.69) is 15.6 Å². The smallest absolute Gasteiger partial charge is 0.262 e. The lowest BCUT2D eigenvalue weighted by atomic mass is 10.1. The van der Waals surface area contributed by atoms with Crippen molar-refractivity contribution in [2.75, 3.05) is 11.9 Å². The fourth-order valence-electron chi connectivity index (χ4n) is 2.72. The highest BCUT2D eigenvalue weighted by molar-refractivity contribution is 5.97. The Morgan fingerprint density at radius 3 is 3.00 bits per heavy atom. The predicted octanol–water partition coefficient (Wildman–Crippen LogP) is 2.50. The molecule has 0 atom stereocenters. The van der Waals surface area contributed by atoms with Crippen LogP contribution in [0.25, 0.3) is 10.9 Å². The van der Waals surface area contributed by atoms with Crippen molar-refractivity contribution in [1.82, 2.24) is 10.3 Å². The molecule has 6 heteroatoms. The number of rotatable bonds is 3. The molecule has 2 amide bonds. The van der Waals surface area contributed by atoms with Crippen LogP contribution in [-0.4, -0.2) is 23.4 Å². The maximum absolute atomic E-state index is 12.4. The molecular formula is C19H15N3O3. The molecule has 1 aliphatic rings. The van der Waals surface area contributed by atoms with E-state index in [1.807, 2.05) is 36.4 Å². The van der Waals surface area contributed by atoms with Gasteiger partial charge in [-0.1, -0.05) is 24.3 Å². The van der Waals surface area contributed by atoms with Crippen LogP contribution in [0.2, 0.25) is 0 Å². The second-order valence-corrected chi connectivity index (χ2v) is 5.77. The van der Waals surface area contributed by atoms with Crippen LogP contribution in [-0.2, 0) is 11.3 Å². The average molecular weight is 333 g/mol. The van der Waals surface area contributed by atoms with Crippen LogP contribution in [0.1, 0.15) is 15.9 Å². The number of carbonyl (C=O) groups is 2. The number of pyridine rings is 1. The zero-order chi connectivity index (χ0) is 17.2. The van der Waals surface area contributed by atoms with Crippen LogP contribution in [0.3, 0.4) is 0 Å². The molecular weight excluding hydrogens is 318 g/mol. The Hall–Kier alpha value is -3.41. The molecule has 0 spiro atoms. The van der Waals surface area contributed by atoms with Gasteiger partial charge in [-0.25, -0.2) is 0 Å². The van der Waals surface area contributed by atoms with E-state index in [1.54, 1.807) is 18.3 Å². The maximum Gasteiger partial charge on any atom is 0.262 e. The Balaban J connectivity index is 1.47. The number of hydrogen-bond donors (Lipinski definition) is 2. The van der Waals surface area contributed by atoms with E-state index in [1.165, 1.54) is 0 Å². The highest BCUT2D eigenvalue weighted by Crippen LogP contribution is 2.28. The van der Waals surface area contributed by atoms with Gasteiger partial charge >= 0.3 is 0 Å². The molecule has 1 aromatic heterocycles. The number of para-hydroxylation sites is 1. The molecule has 0 unspecified atom stereocenters. The Kier molecular flexibility index (Phi) is 3.78. The van der Waals surface area contributed by atoms with Crippen molar-refractivity contribution >= 4 is 28.4 Å².